The number of hydrogen-bond donors (Lipinski definition) is 1. The zero-order chi connectivity index (χ0) is 15.1. The van der Waals surface area contributed by atoms with E-state index in [-0.39, 0.29) is 0 Å². The molecule has 3 rings (SSSR count). The summed E-state index contributed by atoms with van der Waals surface area (Å²) in [4.78, 5) is 17.2. The molecule has 0 aliphatic carbocycles. The Balaban J connectivity index is 2.37. The summed E-state index contributed by atoms with van der Waals surface area (Å²) in [6.07, 6.45) is 0. The van der Waals surface area contributed by atoms with Crippen LogP contribution in [0.2, 0.25) is 0 Å². The molecule has 0 saturated carbocycles. The number of benzene rings is 1. The van der Waals surface area contributed by atoms with Crippen LogP contribution in [0.15, 0.2) is 34.1 Å². The van der Waals surface area contributed by atoms with Crippen LogP contribution in [0.25, 0.3) is 21.5 Å². The van der Waals surface area contributed by atoms with Gasteiger partial charge in [0.1, 0.15) is 0 Å². The van der Waals surface area contributed by atoms with Crippen LogP contribution in [0.1, 0.15) is 21.5 Å². The molecule has 0 unspecified atom stereocenters. The van der Waals surface area contributed by atoms with Gasteiger partial charge in [0, 0.05) is 15.2 Å². The number of nitrogens with zero attached hydrogens (tertiary/aromatic N) is 1. The fraction of sp³-hybridized carbons (Fsp3) is 0.125. The van der Waals surface area contributed by atoms with Crippen molar-refractivity contribution in [3.05, 3.63) is 50.8 Å². The summed E-state index contributed by atoms with van der Waals surface area (Å²) < 4.78 is 0.974. The van der Waals surface area contributed by atoms with Crippen molar-refractivity contribution in [2.45, 2.75) is 13.8 Å². The Morgan fingerprint density at radius 1 is 1.24 bits per heavy atom. The van der Waals surface area contributed by atoms with Crippen LogP contribution in [0.3, 0.4) is 0 Å². The zero-order valence-corrected chi connectivity index (χ0v) is 13.9. The molecule has 3 nitrogen and oxygen atoms in total. The fourth-order valence-corrected chi connectivity index (χ4v) is 3.89. The monoisotopic (exact) mass is 361 g/mol. The van der Waals surface area contributed by atoms with Crippen molar-refractivity contribution in [3.63, 3.8) is 0 Å². The van der Waals surface area contributed by atoms with Crippen LogP contribution in [0.4, 0.5) is 0 Å². The van der Waals surface area contributed by atoms with E-state index in [1.165, 1.54) is 11.3 Å². The lowest BCUT2D eigenvalue weighted by molar-refractivity contribution is 0.0699. The topological polar surface area (TPSA) is 50.2 Å². The van der Waals surface area contributed by atoms with Crippen molar-refractivity contribution >= 4 is 44.1 Å². The highest BCUT2D eigenvalue weighted by molar-refractivity contribution is 9.10. The molecule has 2 aromatic heterocycles. The number of hydrogen-bond acceptors (Lipinski definition) is 3. The highest BCUT2D eigenvalue weighted by Gasteiger charge is 2.16. The molecule has 1 aromatic carbocycles. The maximum atomic E-state index is 11.6. The number of aryl methyl sites for hydroxylation is 2. The fourth-order valence-electron chi connectivity index (χ4n) is 2.50. The van der Waals surface area contributed by atoms with Gasteiger partial charge in [-0.25, -0.2) is 9.78 Å². The molecule has 2 heterocycles. The van der Waals surface area contributed by atoms with Crippen LogP contribution < -0.4 is 0 Å². The molecule has 21 heavy (non-hydrogen) atoms. The maximum absolute atomic E-state index is 11.6. The number of aromatic nitrogens is 1. The number of carboxylic acids is 1. The Kier molecular flexibility index (Phi) is 3.55. The van der Waals surface area contributed by atoms with Crippen molar-refractivity contribution < 1.29 is 9.90 Å². The second-order valence-corrected chi connectivity index (χ2v) is 6.79. The van der Waals surface area contributed by atoms with Gasteiger partial charge in [0.05, 0.1) is 21.7 Å². The van der Waals surface area contributed by atoms with Crippen molar-refractivity contribution in [3.8, 4) is 10.6 Å². The van der Waals surface area contributed by atoms with E-state index in [2.05, 4.69) is 20.9 Å². The highest BCUT2D eigenvalue weighted by Crippen LogP contribution is 2.32. The minimum absolute atomic E-state index is 0.303. The minimum Gasteiger partial charge on any atom is -0.478 e. The zero-order valence-electron chi connectivity index (χ0n) is 11.5. The first kappa shape index (κ1) is 14.2. The lowest BCUT2D eigenvalue weighted by Crippen LogP contribution is -2.01. The first-order valence-electron chi connectivity index (χ1n) is 6.35. The molecular formula is C16H12BrNO2S. The standard InChI is InChI=1S/C16H12BrNO2S/c1-8-3-9(2)15-11(16(19)20)6-12(18-13(15)4-8)14-5-10(17)7-21-14/h3-7H,1-2H3,(H,19,20). The second-order valence-electron chi connectivity index (χ2n) is 4.97. The molecule has 0 bridgehead atoms. The average molecular weight is 362 g/mol. The molecule has 5 heteroatoms. The number of thiophene rings is 1. The first-order valence-corrected chi connectivity index (χ1v) is 8.02. The Morgan fingerprint density at radius 2 is 2.00 bits per heavy atom. The first-order chi connectivity index (χ1) is 9.95. The van der Waals surface area contributed by atoms with Gasteiger partial charge in [-0.2, -0.15) is 0 Å². The molecule has 0 aliphatic rings. The predicted octanol–water partition coefficient (Wildman–Crippen LogP) is 5.04. The number of pyridine rings is 1. The molecule has 0 amide bonds. The average Bonchev–Trinajstić information content (AvgIpc) is 2.83. The third kappa shape index (κ3) is 2.59. The van der Waals surface area contributed by atoms with Crippen LogP contribution in [0.5, 0.6) is 0 Å². The summed E-state index contributed by atoms with van der Waals surface area (Å²) in [5.74, 6) is -0.925. The van der Waals surface area contributed by atoms with E-state index in [0.29, 0.717) is 16.6 Å². The van der Waals surface area contributed by atoms with Gasteiger partial charge in [-0.3, -0.25) is 0 Å². The van der Waals surface area contributed by atoms with E-state index >= 15 is 0 Å². The Morgan fingerprint density at radius 3 is 2.62 bits per heavy atom. The molecule has 0 atom stereocenters. The second kappa shape index (κ2) is 5.24. The van der Waals surface area contributed by atoms with Crippen LogP contribution >= 0.6 is 27.3 Å². The summed E-state index contributed by atoms with van der Waals surface area (Å²) >= 11 is 4.95. The molecule has 0 radical (unpaired) electrons. The van der Waals surface area contributed by atoms with Gasteiger partial charge in [0.25, 0.3) is 0 Å². The molecule has 0 spiro atoms. The lowest BCUT2D eigenvalue weighted by Gasteiger charge is -2.09. The lowest BCUT2D eigenvalue weighted by atomic mass is 10.0. The van der Waals surface area contributed by atoms with Gasteiger partial charge >= 0.3 is 5.97 Å². The van der Waals surface area contributed by atoms with Crippen molar-refractivity contribution in [1.82, 2.24) is 4.98 Å². The van der Waals surface area contributed by atoms with Gasteiger partial charge in [0.2, 0.25) is 0 Å². The molecule has 0 fully saturated rings. The molecule has 0 saturated heterocycles. The molecular weight excluding hydrogens is 350 g/mol. The van der Waals surface area contributed by atoms with Gasteiger partial charge in [0.15, 0.2) is 0 Å². The van der Waals surface area contributed by atoms with Crippen LogP contribution in [0, 0.1) is 13.8 Å². The van der Waals surface area contributed by atoms with Gasteiger partial charge in [-0.1, -0.05) is 6.07 Å². The third-order valence-electron chi connectivity index (χ3n) is 3.30. The summed E-state index contributed by atoms with van der Waals surface area (Å²) in [5.41, 5.74) is 3.74. The smallest absolute Gasteiger partial charge is 0.336 e. The molecule has 3 aromatic rings. The highest BCUT2D eigenvalue weighted by atomic mass is 79.9. The Hall–Kier alpha value is -1.72. The predicted molar refractivity (Wildman–Crippen MR) is 89.2 cm³/mol. The van der Waals surface area contributed by atoms with E-state index in [1.807, 2.05) is 37.4 Å². The normalized spacial score (nSPS) is 11.0. The Labute approximate surface area is 134 Å². The number of halogens is 1. The van der Waals surface area contributed by atoms with E-state index in [0.717, 1.165) is 26.0 Å². The van der Waals surface area contributed by atoms with Gasteiger partial charge in [-0.15, -0.1) is 11.3 Å². The van der Waals surface area contributed by atoms with Crippen LogP contribution in [-0.4, -0.2) is 16.1 Å². The summed E-state index contributed by atoms with van der Waals surface area (Å²) in [6.45, 7) is 3.91. The van der Waals surface area contributed by atoms with Crippen molar-refractivity contribution in [2.24, 2.45) is 0 Å². The Bertz CT molecular complexity index is 870. The number of rotatable bonds is 2. The van der Waals surface area contributed by atoms with Crippen molar-refractivity contribution in [1.29, 1.82) is 0 Å². The van der Waals surface area contributed by atoms with E-state index < -0.39 is 5.97 Å². The van der Waals surface area contributed by atoms with E-state index in [1.54, 1.807) is 6.07 Å². The summed E-state index contributed by atoms with van der Waals surface area (Å²) in [7, 11) is 0. The number of carboxylic acid groups (broad SMARTS) is 1. The summed E-state index contributed by atoms with van der Waals surface area (Å²) in [5, 5.41) is 12.2. The van der Waals surface area contributed by atoms with Gasteiger partial charge in [-0.05, 0) is 59.1 Å². The van der Waals surface area contributed by atoms with E-state index in [9.17, 15) is 9.90 Å². The van der Waals surface area contributed by atoms with Crippen LogP contribution in [-0.2, 0) is 0 Å². The van der Waals surface area contributed by atoms with E-state index in [4.69, 9.17) is 0 Å². The quantitative estimate of drug-likeness (QED) is 0.695. The molecule has 1 N–H and O–H groups in total. The summed E-state index contributed by atoms with van der Waals surface area (Å²) in [6, 6.07) is 7.52. The minimum atomic E-state index is -0.925. The number of carbonyl (C=O) groups is 1. The van der Waals surface area contributed by atoms with Crippen molar-refractivity contribution in [2.75, 3.05) is 0 Å². The molecule has 106 valence electrons. The largest absolute Gasteiger partial charge is 0.478 e. The molecule has 0 aliphatic heterocycles. The maximum Gasteiger partial charge on any atom is 0.336 e. The SMILES string of the molecule is Cc1cc(C)c2c(C(=O)O)cc(-c3cc(Br)cs3)nc2c1. The van der Waals surface area contributed by atoms with Gasteiger partial charge < -0.3 is 5.11 Å². The number of fused-ring (bicyclic) bond motifs is 1. The number of aromatic carboxylic acids is 1. The third-order valence-corrected chi connectivity index (χ3v) is 5.01.